The quantitative estimate of drug-likeness (QED) is 0.766. The number of rotatable bonds is 4. The van der Waals surface area contributed by atoms with E-state index in [1.807, 2.05) is 48.8 Å². The number of hydrogen-bond donors (Lipinski definition) is 2. The average molecular weight is 213 g/mol. The van der Waals surface area contributed by atoms with Gasteiger partial charge in [-0.2, -0.15) is 0 Å². The van der Waals surface area contributed by atoms with E-state index in [1.165, 1.54) is 5.56 Å². The zero-order valence-electron chi connectivity index (χ0n) is 9.06. The number of hydrogen-bond acceptors (Lipinski definition) is 3. The van der Waals surface area contributed by atoms with E-state index in [9.17, 15) is 0 Å². The van der Waals surface area contributed by atoms with Crippen LogP contribution >= 0.6 is 0 Å². The first kappa shape index (κ1) is 10.5. The van der Waals surface area contributed by atoms with Gasteiger partial charge in [0.25, 0.3) is 0 Å². The maximum atomic E-state index is 5.83. The Bertz CT molecular complexity index is 440. The molecule has 0 amide bonds. The molecule has 3 heteroatoms. The van der Waals surface area contributed by atoms with Gasteiger partial charge in [-0.15, -0.1) is 0 Å². The molecule has 0 bridgehead atoms. The third kappa shape index (κ3) is 2.73. The minimum atomic E-state index is 0.789. The highest BCUT2D eigenvalue weighted by atomic mass is 14.9. The van der Waals surface area contributed by atoms with E-state index >= 15 is 0 Å². The molecule has 0 radical (unpaired) electrons. The largest absolute Gasteiger partial charge is 0.397 e. The Morgan fingerprint density at radius 3 is 2.56 bits per heavy atom. The van der Waals surface area contributed by atoms with Crippen molar-refractivity contribution in [1.82, 2.24) is 4.98 Å². The van der Waals surface area contributed by atoms with Gasteiger partial charge in [-0.1, -0.05) is 12.1 Å². The first-order valence-electron chi connectivity index (χ1n) is 5.33. The van der Waals surface area contributed by atoms with Crippen LogP contribution in [-0.2, 0) is 6.42 Å². The van der Waals surface area contributed by atoms with Crippen LogP contribution in [0.5, 0.6) is 0 Å². The van der Waals surface area contributed by atoms with E-state index in [0.717, 1.165) is 24.3 Å². The molecule has 2 aromatic rings. The highest BCUT2D eigenvalue weighted by molar-refractivity contribution is 5.65. The van der Waals surface area contributed by atoms with E-state index in [4.69, 9.17) is 5.73 Å². The summed E-state index contributed by atoms with van der Waals surface area (Å²) in [5.74, 6) is 0. The standard InChI is InChI=1S/C13H15N3/c14-12-3-1-2-4-13(12)16-10-7-11-5-8-15-9-6-11/h1-6,8-9,16H,7,10,14H2. The Morgan fingerprint density at radius 1 is 1.06 bits per heavy atom. The van der Waals surface area contributed by atoms with Crippen molar-refractivity contribution in [2.75, 3.05) is 17.6 Å². The maximum absolute atomic E-state index is 5.83. The zero-order valence-corrected chi connectivity index (χ0v) is 9.06. The second kappa shape index (κ2) is 5.16. The first-order chi connectivity index (χ1) is 7.86. The van der Waals surface area contributed by atoms with E-state index in [0.29, 0.717) is 0 Å². The summed E-state index contributed by atoms with van der Waals surface area (Å²) < 4.78 is 0. The van der Waals surface area contributed by atoms with Gasteiger partial charge in [0, 0.05) is 18.9 Å². The van der Waals surface area contributed by atoms with Crippen LogP contribution in [-0.4, -0.2) is 11.5 Å². The highest BCUT2D eigenvalue weighted by Crippen LogP contribution is 2.16. The van der Waals surface area contributed by atoms with Crippen molar-refractivity contribution in [3.63, 3.8) is 0 Å². The summed E-state index contributed by atoms with van der Waals surface area (Å²) in [6.07, 6.45) is 4.59. The molecule has 82 valence electrons. The van der Waals surface area contributed by atoms with Crippen LogP contribution < -0.4 is 11.1 Å². The normalized spacial score (nSPS) is 10.0. The summed E-state index contributed by atoms with van der Waals surface area (Å²) in [5.41, 5.74) is 8.89. The smallest absolute Gasteiger partial charge is 0.0574 e. The predicted molar refractivity (Wildman–Crippen MR) is 67.3 cm³/mol. The average Bonchev–Trinajstić information content (AvgIpc) is 2.33. The lowest BCUT2D eigenvalue weighted by Gasteiger charge is -2.08. The van der Waals surface area contributed by atoms with Crippen molar-refractivity contribution in [2.24, 2.45) is 0 Å². The lowest BCUT2D eigenvalue weighted by Crippen LogP contribution is -2.06. The predicted octanol–water partition coefficient (Wildman–Crippen LogP) is 2.32. The van der Waals surface area contributed by atoms with Crippen LogP contribution in [0.25, 0.3) is 0 Å². The van der Waals surface area contributed by atoms with Crippen molar-refractivity contribution in [3.8, 4) is 0 Å². The second-order valence-electron chi connectivity index (χ2n) is 3.62. The molecule has 0 saturated heterocycles. The van der Waals surface area contributed by atoms with Crippen LogP contribution in [0.3, 0.4) is 0 Å². The number of nitrogens with zero attached hydrogens (tertiary/aromatic N) is 1. The molecule has 3 nitrogen and oxygen atoms in total. The third-order valence-corrected chi connectivity index (χ3v) is 2.44. The number of benzene rings is 1. The fourth-order valence-corrected chi connectivity index (χ4v) is 1.55. The molecule has 16 heavy (non-hydrogen) atoms. The van der Waals surface area contributed by atoms with Gasteiger partial charge in [-0.3, -0.25) is 4.98 Å². The topological polar surface area (TPSA) is 50.9 Å². The van der Waals surface area contributed by atoms with Gasteiger partial charge in [-0.25, -0.2) is 0 Å². The molecule has 1 heterocycles. The Hall–Kier alpha value is -2.03. The Morgan fingerprint density at radius 2 is 1.81 bits per heavy atom. The number of aromatic nitrogens is 1. The van der Waals surface area contributed by atoms with E-state index in [1.54, 1.807) is 0 Å². The molecular formula is C13H15N3. The number of anilines is 2. The molecule has 3 N–H and O–H groups in total. The molecule has 0 aliphatic rings. The summed E-state index contributed by atoms with van der Waals surface area (Å²) in [7, 11) is 0. The van der Waals surface area contributed by atoms with Gasteiger partial charge in [0.2, 0.25) is 0 Å². The number of pyridine rings is 1. The SMILES string of the molecule is Nc1ccccc1NCCc1ccncc1. The zero-order chi connectivity index (χ0) is 11.2. The van der Waals surface area contributed by atoms with Crippen molar-refractivity contribution in [2.45, 2.75) is 6.42 Å². The number of nitrogens with one attached hydrogen (secondary N) is 1. The molecular weight excluding hydrogens is 198 g/mol. The van der Waals surface area contributed by atoms with Crippen molar-refractivity contribution in [3.05, 3.63) is 54.4 Å². The lowest BCUT2D eigenvalue weighted by molar-refractivity contribution is 1.01. The van der Waals surface area contributed by atoms with Crippen LogP contribution in [0, 0.1) is 0 Å². The summed E-state index contributed by atoms with van der Waals surface area (Å²) in [4.78, 5) is 3.99. The molecule has 1 aromatic carbocycles. The summed E-state index contributed by atoms with van der Waals surface area (Å²) in [6.45, 7) is 0.873. The Kier molecular flexibility index (Phi) is 3.38. The monoisotopic (exact) mass is 213 g/mol. The van der Waals surface area contributed by atoms with Crippen LogP contribution in [0.4, 0.5) is 11.4 Å². The molecule has 0 atom stereocenters. The number of nitrogens with two attached hydrogens (primary N) is 1. The van der Waals surface area contributed by atoms with Crippen molar-refractivity contribution < 1.29 is 0 Å². The minimum absolute atomic E-state index is 0.789. The molecule has 0 fully saturated rings. The fourth-order valence-electron chi connectivity index (χ4n) is 1.55. The fraction of sp³-hybridized carbons (Fsp3) is 0.154. The van der Waals surface area contributed by atoms with Crippen molar-refractivity contribution >= 4 is 11.4 Å². The van der Waals surface area contributed by atoms with Gasteiger partial charge < -0.3 is 11.1 Å². The summed E-state index contributed by atoms with van der Waals surface area (Å²) >= 11 is 0. The maximum Gasteiger partial charge on any atom is 0.0574 e. The van der Waals surface area contributed by atoms with Gasteiger partial charge in [-0.05, 0) is 36.2 Å². The van der Waals surface area contributed by atoms with E-state index < -0.39 is 0 Å². The van der Waals surface area contributed by atoms with E-state index in [-0.39, 0.29) is 0 Å². The Balaban J connectivity index is 1.87. The molecule has 0 spiro atoms. The van der Waals surface area contributed by atoms with Gasteiger partial charge in [0.1, 0.15) is 0 Å². The van der Waals surface area contributed by atoms with Gasteiger partial charge in [0.05, 0.1) is 11.4 Å². The van der Waals surface area contributed by atoms with Crippen LogP contribution in [0.1, 0.15) is 5.56 Å². The number of nitrogen functional groups attached to an aromatic ring is 1. The molecule has 1 aromatic heterocycles. The minimum Gasteiger partial charge on any atom is -0.397 e. The molecule has 0 saturated carbocycles. The van der Waals surface area contributed by atoms with Crippen molar-refractivity contribution in [1.29, 1.82) is 0 Å². The number of para-hydroxylation sites is 2. The molecule has 0 aliphatic heterocycles. The molecule has 0 unspecified atom stereocenters. The van der Waals surface area contributed by atoms with Gasteiger partial charge in [0.15, 0.2) is 0 Å². The first-order valence-corrected chi connectivity index (χ1v) is 5.33. The third-order valence-electron chi connectivity index (χ3n) is 2.44. The summed E-state index contributed by atoms with van der Waals surface area (Å²) in [5, 5.41) is 3.32. The van der Waals surface area contributed by atoms with Crippen LogP contribution in [0.2, 0.25) is 0 Å². The second-order valence-corrected chi connectivity index (χ2v) is 3.62. The molecule has 2 rings (SSSR count). The lowest BCUT2D eigenvalue weighted by atomic mass is 10.2. The van der Waals surface area contributed by atoms with Gasteiger partial charge >= 0.3 is 0 Å². The highest BCUT2D eigenvalue weighted by Gasteiger charge is 1.96. The Labute approximate surface area is 95.3 Å². The molecule has 0 aliphatic carbocycles. The van der Waals surface area contributed by atoms with Crippen LogP contribution in [0.15, 0.2) is 48.8 Å². The summed E-state index contributed by atoms with van der Waals surface area (Å²) in [6, 6.07) is 11.8. The van der Waals surface area contributed by atoms with E-state index in [2.05, 4.69) is 10.3 Å².